The van der Waals surface area contributed by atoms with Crippen LogP contribution in [0.4, 0.5) is 17.2 Å². The minimum Gasteiger partial charge on any atom is -0.488 e. The lowest BCUT2D eigenvalue weighted by atomic mass is 9.91. The molecule has 3 heterocycles. The molecule has 2 aliphatic rings. The van der Waals surface area contributed by atoms with Crippen molar-refractivity contribution in [1.29, 1.82) is 0 Å². The summed E-state index contributed by atoms with van der Waals surface area (Å²) in [5.41, 5.74) is 4.20. The van der Waals surface area contributed by atoms with Gasteiger partial charge in [0.2, 0.25) is 10.0 Å². The molecular weight excluding hydrogens is 438 g/mol. The van der Waals surface area contributed by atoms with E-state index in [1.165, 1.54) is 0 Å². The number of ether oxygens (including phenoxy) is 1. The van der Waals surface area contributed by atoms with Crippen LogP contribution in [0, 0.1) is 0 Å². The Morgan fingerprint density at radius 1 is 1.15 bits per heavy atom. The smallest absolute Gasteiger partial charge is 0.237 e. The molecule has 0 saturated heterocycles. The van der Waals surface area contributed by atoms with Crippen molar-refractivity contribution in [3.05, 3.63) is 59.5 Å². The van der Waals surface area contributed by atoms with Crippen LogP contribution in [-0.4, -0.2) is 29.7 Å². The van der Waals surface area contributed by atoms with Crippen LogP contribution in [-0.2, 0) is 21.2 Å². The Morgan fingerprint density at radius 2 is 2.00 bits per heavy atom. The highest BCUT2D eigenvalue weighted by atomic mass is 32.2. The van der Waals surface area contributed by atoms with E-state index >= 15 is 0 Å². The lowest BCUT2D eigenvalue weighted by Gasteiger charge is -2.23. The molecule has 1 aliphatic heterocycles. The number of fused-ring (bicyclic) bond motifs is 1. The summed E-state index contributed by atoms with van der Waals surface area (Å²) in [7, 11) is -3.26. The van der Waals surface area contributed by atoms with Gasteiger partial charge >= 0.3 is 0 Å². The van der Waals surface area contributed by atoms with Gasteiger partial charge in [0.15, 0.2) is 5.82 Å². The van der Waals surface area contributed by atoms with Gasteiger partial charge in [-0.15, -0.1) is 0 Å². The minimum absolute atomic E-state index is 0.000986. The molecule has 2 aromatic heterocycles. The number of nitrogens with zero attached hydrogens (tertiary/aromatic N) is 2. The predicted octanol–water partition coefficient (Wildman–Crippen LogP) is 4.82. The molecule has 0 radical (unpaired) electrons. The Kier molecular flexibility index (Phi) is 5.31. The van der Waals surface area contributed by atoms with E-state index in [1.807, 2.05) is 36.5 Å². The third-order valence-electron chi connectivity index (χ3n) is 6.19. The molecular formula is C24H29N5O3S. The molecule has 33 heavy (non-hydrogen) atoms. The third-order valence-corrected chi connectivity index (χ3v) is 7.41. The van der Waals surface area contributed by atoms with Crippen molar-refractivity contribution in [3.8, 4) is 5.75 Å². The van der Waals surface area contributed by atoms with Crippen molar-refractivity contribution < 1.29 is 13.2 Å². The summed E-state index contributed by atoms with van der Waals surface area (Å²) >= 11 is 0. The first-order valence-electron chi connectivity index (χ1n) is 11.2. The zero-order chi connectivity index (χ0) is 23.2. The molecule has 1 saturated carbocycles. The van der Waals surface area contributed by atoms with Gasteiger partial charge in [0.25, 0.3) is 0 Å². The first kappa shape index (κ1) is 21.8. The van der Waals surface area contributed by atoms with Gasteiger partial charge in [-0.3, -0.25) is 14.8 Å². The molecule has 5 rings (SSSR count). The molecule has 0 bridgehead atoms. The molecule has 8 nitrogen and oxygen atoms in total. The third kappa shape index (κ3) is 4.68. The highest BCUT2D eigenvalue weighted by Gasteiger charge is 2.30. The molecule has 0 amide bonds. The summed E-state index contributed by atoms with van der Waals surface area (Å²) in [4.78, 5) is 4.56. The SMILES string of the molecule is CC(C)(C)c1ncccc1O[C@@H]1CC[C@H](c2cc(Nc3ccc4c(c3)CS(=O)(=O)N4)n[nH]2)C1. The van der Waals surface area contributed by atoms with E-state index in [-0.39, 0.29) is 17.3 Å². The number of benzene rings is 1. The molecule has 3 aromatic rings. The first-order chi connectivity index (χ1) is 15.7. The maximum absolute atomic E-state index is 11.8. The van der Waals surface area contributed by atoms with Gasteiger partial charge < -0.3 is 10.1 Å². The second-order valence-corrected chi connectivity index (χ2v) is 11.6. The first-order valence-corrected chi connectivity index (χ1v) is 12.9. The fraction of sp³-hybridized carbons (Fsp3) is 0.417. The lowest BCUT2D eigenvalue weighted by Crippen LogP contribution is -2.19. The Morgan fingerprint density at radius 3 is 2.82 bits per heavy atom. The number of sulfonamides is 1. The molecule has 174 valence electrons. The molecule has 0 spiro atoms. The summed E-state index contributed by atoms with van der Waals surface area (Å²) < 4.78 is 32.4. The van der Waals surface area contributed by atoms with E-state index in [4.69, 9.17) is 4.74 Å². The fourth-order valence-corrected chi connectivity index (χ4v) is 5.87. The Labute approximate surface area is 194 Å². The molecule has 1 aromatic carbocycles. The van der Waals surface area contributed by atoms with Crippen LogP contribution in [0.2, 0.25) is 0 Å². The number of hydrogen-bond acceptors (Lipinski definition) is 6. The van der Waals surface area contributed by atoms with Crippen molar-refractivity contribution >= 4 is 27.2 Å². The van der Waals surface area contributed by atoms with Crippen molar-refractivity contribution in [2.45, 2.75) is 63.2 Å². The second kappa shape index (κ2) is 8.06. The largest absolute Gasteiger partial charge is 0.488 e. The minimum atomic E-state index is -3.26. The normalized spacial score (nSPS) is 21.4. The topological polar surface area (TPSA) is 109 Å². The second-order valence-electron chi connectivity index (χ2n) is 9.92. The monoisotopic (exact) mass is 467 g/mol. The predicted molar refractivity (Wildman–Crippen MR) is 129 cm³/mol. The van der Waals surface area contributed by atoms with Gasteiger partial charge in [0.1, 0.15) is 5.75 Å². The molecule has 2 atom stereocenters. The van der Waals surface area contributed by atoms with E-state index in [0.717, 1.165) is 47.7 Å². The van der Waals surface area contributed by atoms with Gasteiger partial charge in [0.05, 0.1) is 23.2 Å². The lowest BCUT2D eigenvalue weighted by molar-refractivity contribution is 0.202. The van der Waals surface area contributed by atoms with Gasteiger partial charge in [-0.1, -0.05) is 20.8 Å². The van der Waals surface area contributed by atoms with Crippen molar-refractivity contribution in [2.75, 3.05) is 10.0 Å². The van der Waals surface area contributed by atoms with E-state index in [1.54, 1.807) is 6.07 Å². The van der Waals surface area contributed by atoms with Crippen LogP contribution in [0.25, 0.3) is 0 Å². The summed E-state index contributed by atoms with van der Waals surface area (Å²) in [5, 5.41) is 10.9. The zero-order valence-electron chi connectivity index (χ0n) is 19.1. The van der Waals surface area contributed by atoms with Gasteiger partial charge in [-0.2, -0.15) is 5.10 Å². The standard InChI is InChI=1S/C24H29N5O3S/c1-24(2,3)23-21(5-4-10-25-23)32-18-8-6-15(12-18)20-13-22(28-27-20)26-17-7-9-19-16(11-17)14-33(30,31)29-19/h4-5,7,9-11,13,15,18,29H,6,8,12,14H2,1-3H3,(H2,26,27,28)/t15-,18+/m0/s1. The Balaban J connectivity index is 1.23. The van der Waals surface area contributed by atoms with E-state index in [9.17, 15) is 8.42 Å². The number of aromatic amines is 1. The van der Waals surface area contributed by atoms with Crippen LogP contribution < -0.4 is 14.8 Å². The van der Waals surface area contributed by atoms with Crippen molar-refractivity contribution in [2.24, 2.45) is 0 Å². The van der Waals surface area contributed by atoms with Gasteiger partial charge in [0, 0.05) is 35.0 Å². The van der Waals surface area contributed by atoms with Crippen molar-refractivity contribution in [1.82, 2.24) is 15.2 Å². The van der Waals surface area contributed by atoms with E-state index in [0.29, 0.717) is 17.4 Å². The number of hydrogen-bond donors (Lipinski definition) is 3. The van der Waals surface area contributed by atoms with Gasteiger partial charge in [-0.25, -0.2) is 8.42 Å². The maximum Gasteiger partial charge on any atom is 0.237 e. The van der Waals surface area contributed by atoms with Crippen LogP contribution >= 0.6 is 0 Å². The number of anilines is 3. The zero-order valence-corrected chi connectivity index (χ0v) is 19.9. The number of nitrogens with one attached hydrogen (secondary N) is 3. The molecule has 0 unspecified atom stereocenters. The van der Waals surface area contributed by atoms with Crippen LogP contribution in [0.3, 0.4) is 0 Å². The highest BCUT2D eigenvalue weighted by Crippen LogP contribution is 2.38. The van der Waals surface area contributed by atoms with Crippen molar-refractivity contribution in [3.63, 3.8) is 0 Å². The molecule has 3 N–H and O–H groups in total. The highest BCUT2D eigenvalue weighted by molar-refractivity contribution is 7.92. The number of rotatable bonds is 5. The number of aromatic nitrogens is 3. The van der Waals surface area contributed by atoms with Gasteiger partial charge in [-0.05, 0) is 55.2 Å². The summed E-state index contributed by atoms with van der Waals surface area (Å²) in [6.45, 7) is 6.44. The molecule has 9 heteroatoms. The maximum atomic E-state index is 11.8. The molecule has 1 fully saturated rings. The average Bonchev–Trinajstić information content (AvgIpc) is 3.45. The number of pyridine rings is 1. The van der Waals surface area contributed by atoms with Crippen LogP contribution in [0.15, 0.2) is 42.6 Å². The van der Waals surface area contributed by atoms with Crippen LogP contribution in [0.5, 0.6) is 5.75 Å². The summed E-state index contributed by atoms with van der Waals surface area (Å²) in [6, 6.07) is 11.4. The summed E-state index contributed by atoms with van der Waals surface area (Å²) in [6.07, 6.45) is 4.89. The Bertz CT molecular complexity index is 1280. The Hall–Kier alpha value is -3.07. The van der Waals surface area contributed by atoms with E-state index < -0.39 is 10.0 Å². The number of H-pyrrole nitrogens is 1. The van der Waals surface area contributed by atoms with Crippen LogP contribution in [0.1, 0.15) is 62.9 Å². The molecule has 1 aliphatic carbocycles. The van der Waals surface area contributed by atoms with E-state index in [2.05, 4.69) is 46.0 Å². The average molecular weight is 468 g/mol. The quantitative estimate of drug-likeness (QED) is 0.497. The summed E-state index contributed by atoms with van der Waals surface area (Å²) in [5.74, 6) is 1.93. The fourth-order valence-electron chi connectivity index (χ4n) is 4.61.